The maximum Gasteiger partial charge on any atom is 0.173 e. The van der Waals surface area contributed by atoms with Crippen LogP contribution in [0.5, 0.6) is 5.75 Å². The van der Waals surface area contributed by atoms with Gasteiger partial charge in [-0.2, -0.15) is 0 Å². The zero-order chi connectivity index (χ0) is 15.9. The van der Waals surface area contributed by atoms with Crippen molar-refractivity contribution in [3.8, 4) is 5.75 Å². The first kappa shape index (κ1) is 16.6. The van der Waals surface area contributed by atoms with Crippen molar-refractivity contribution < 1.29 is 5.11 Å². The van der Waals surface area contributed by atoms with Crippen molar-refractivity contribution in [1.82, 2.24) is 5.32 Å². The summed E-state index contributed by atoms with van der Waals surface area (Å²) in [6.45, 7) is 3.32. The molecule has 0 amide bonds. The lowest BCUT2D eigenvalue weighted by molar-refractivity contribution is 0.468. The fraction of sp³-hybridized carbons (Fsp3) is 0.235. The van der Waals surface area contributed by atoms with E-state index in [-0.39, 0.29) is 5.75 Å². The molecule has 0 aliphatic heterocycles. The number of thiocarbonyl (C=S) groups is 1. The van der Waals surface area contributed by atoms with E-state index in [9.17, 15) is 5.11 Å². The fourth-order valence-electron chi connectivity index (χ4n) is 2.08. The molecule has 0 saturated heterocycles. The normalized spacial score (nSPS) is 10.3. The number of benzene rings is 2. The lowest BCUT2D eigenvalue weighted by Crippen LogP contribution is -2.39. The minimum absolute atomic E-state index is 0.248. The van der Waals surface area contributed by atoms with E-state index in [1.54, 1.807) is 12.1 Å². The van der Waals surface area contributed by atoms with Crippen LogP contribution >= 0.6 is 23.8 Å². The second kappa shape index (κ2) is 8.01. The predicted octanol–water partition coefficient (Wildman–Crippen LogP) is 4.34. The Bertz CT molecular complexity index is 648. The lowest BCUT2D eigenvalue weighted by atomic mass is 10.2. The van der Waals surface area contributed by atoms with E-state index in [4.69, 9.17) is 23.8 Å². The summed E-state index contributed by atoms with van der Waals surface area (Å²) in [5, 5.41) is 14.4. The highest BCUT2D eigenvalue weighted by molar-refractivity contribution is 7.80. The van der Waals surface area contributed by atoms with Gasteiger partial charge in [0.1, 0.15) is 5.75 Å². The molecule has 0 bridgehead atoms. The van der Waals surface area contributed by atoms with Gasteiger partial charge < -0.3 is 15.3 Å². The van der Waals surface area contributed by atoms with Crippen molar-refractivity contribution in [2.24, 2.45) is 0 Å². The predicted molar refractivity (Wildman–Crippen MR) is 96.6 cm³/mol. The monoisotopic (exact) mass is 334 g/mol. The molecule has 2 rings (SSSR count). The van der Waals surface area contributed by atoms with Crippen LogP contribution in [0.15, 0.2) is 48.5 Å². The van der Waals surface area contributed by atoms with Gasteiger partial charge in [0, 0.05) is 12.1 Å². The van der Waals surface area contributed by atoms with Gasteiger partial charge in [-0.3, -0.25) is 0 Å². The van der Waals surface area contributed by atoms with Crippen LogP contribution < -0.4 is 10.2 Å². The molecule has 0 heterocycles. The Balaban J connectivity index is 2.32. The second-order valence-corrected chi connectivity index (χ2v) is 5.69. The first-order valence-corrected chi connectivity index (χ1v) is 7.99. The Labute approximate surface area is 141 Å². The van der Waals surface area contributed by atoms with Gasteiger partial charge >= 0.3 is 0 Å². The molecule has 0 unspecified atom stereocenters. The topological polar surface area (TPSA) is 35.5 Å². The Morgan fingerprint density at radius 2 is 1.86 bits per heavy atom. The Hall–Kier alpha value is -1.78. The number of nitrogens with one attached hydrogen (secondary N) is 1. The van der Waals surface area contributed by atoms with Crippen LogP contribution in [-0.4, -0.2) is 16.8 Å². The first-order chi connectivity index (χ1) is 10.6. The molecular weight excluding hydrogens is 316 g/mol. The van der Waals surface area contributed by atoms with E-state index in [0.717, 1.165) is 24.2 Å². The number of para-hydroxylation sites is 2. The minimum Gasteiger partial charge on any atom is -0.508 e. The van der Waals surface area contributed by atoms with Gasteiger partial charge in [-0.1, -0.05) is 48.9 Å². The van der Waals surface area contributed by atoms with E-state index < -0.39 is 0 Å². The summed E-state index contributed by atoms with van der Waals surface area (Å²) < 4.78 is 0. The molecule has 5 heteroatoms. The van der Waals surface area contributed by atoms with E-state index in [0.29, 0.717) is 16.7 Å². The summed E-state index contributed by atoms with van der Waals surface area (Å²) in [5.41, 5.74) is 1.61. The zero-order valence-corrected chi connectivity index (χ0v) is 14.0. The van der Waals surface area contributed by atoms with Gasteiger partial charge in [0.2, 0.25) is 0 Å². The van der Waals surface area contributed by atoms with Crippen LogP contribution in [0.1, 0.15) is 18.9 Å². The molecule has 116 valence electrons. The average Bonchev–Trinajstić information content (AvgIpc) is 2.53. The van der Waals surface area contributed by atoms with Crippen molar-refractivity contribution >= 4 is 34.6 Å². The second-order valence-electron chi connectivity index (χ2n) is 4.90. The largest absolute Gasteiger partial charge is 0.508 e. The highest BCUT2D eigenvalue weighted by Gasteiger charge is 2.16. The third-order valence-corrected chi connectivity index (χ3v) is 3.92. The molecule has 0 spiro atoms. The van der Waals surface area contributed by atoms with E-state index in [2.05, 4.69) is 12.2 Å². The van der Waals surface area contributed by atoms with Crippen molar-refractivity contribution in [2.45, 2.75) is 19.9 Å². The Morgan fingerprint density at radius 3 is 2.55 bits per heavy atom. The van der Waals surface area contributed by atoms with Crippen LogP contribution in [0.2, 0.25) is 5.02 Å². The minimum atomic E-state index is 0.248. The molecule has 3 nitrogen and oxygen atoms in total. The number of hydrogen-bond acceptors (Lipinski definition) is 2. The van der Waals surface area contributed by atoms with Gasteiger partial charge in [0.25, 0.3) is 0 Å². The van der Waals surface area contributed by atoms with Crippen molar-refractivity contribution in [3.63, 3.8) is 0 Å². The first-order valence-electron chi connectivity index (χ1n) is 7.20. The Morgan fingerprint density at radius 1 is 1.18 bits per heavy atom. The summed E-state index contributed by atoms with van der Waals surface area (Å²) >= 11 is 11.8. The van der Waals surface area contributed by atoms with Gasteiger partial charge in [0.15, 0.2) is 5.11 Å². The molecule has 0 aromatic heterocycles. The summed E-state index contributed by atoms with van der Waals surface area (Å²) in [4.78, 5) is 1.91. The van der Waals surface area contributed by atoms with E-state index in [1.165, 1.54) is 0 Å². The number of rotatable bonds is 5. The van der Waals surface area contributed by atoms with Crippen molar-refractivity contribution in [2.75, 3.05) is 11.4 Å². The molecule has 0 fully saturated rings. The molecule has 2 N–H and O–H groups in total. The van der Waals surface area contributed by atoms with E-state index >= 15 is 0 Å². The number of halogens is 1. The standard InChI is InChI=1S/C17H19ClN2OS/c1-2-11-19-17(22)20(15-9-5-4-8-14(15)18)12-13-7-3-6-10-16(13)21/h3-10,21H,2,11-12H2,1H3,(H,19,22). The molecule has 0 saturated carbocycles. The van der Waals surface area contributed by atoms with Crippen LogP contribution in [0.4, 0.5) is 5.69 Å². The van der Waals surface area contributed by atoms with Crippen molar-refractivity contribution in [3.05, 3.63) is 59.1 Å². The number of nitrogens with zero attached hydrogens (tertiary/aromatic N) is 1. The summed E-state index contributed by atoms with van der Waals surface area (Å²) in [7, 11) is 0. The summed E-state index contributed by atoms with van der Waals surface area (Å²) in [6, 6.07) is 14.8. The fourth-order valence-corrected chi connectivity index (χ4v) is 2.58. The maximum absolute atomic E-state index is 10.0. The highest BCUT2D eigenvalue weighted by atomic mass is 35.5. The molecule has 2 aromatic carbocycles. The quantitative estimate of drug-likeness (QED) is 0.797. The molecule has 0 atom stereocenters. The van der Waals surface area contributed by atoms with Gasteiger partial charge in [-0.05, 0) is 36.8 Å². The SMILES string of the molecule is CCCNC(=S)N(Cc1ccccc1O)c1ccccc1Cl. The zero-order valence-electron chi connectivity index (χ0n) is 12.4. The van der Waals surface area contributed by atoms with Gasteiger partial charge in [-0.25, -0.2) is 0 Å². The molecule has 2 aromatic rings. The third-order valence-electron chi connectivity index (χ3n) is 3.23. The molecule has 0 aliphatic carbocycles. The number of aromatic hydroxyl groups is 1. The summed E-state index contributed by atoms with van der Waals surface area (Å²) in [6.07, 6.45) is 0.979. The molecule has 22 heavy (non-hydrogen) atoms. The smallest absolute Gasteiger partial charge is 0.173 e. The number of phenols is 1. The van der Waals surface area contributed by atoms with Gasteiger partial charge in [-0.15, -0.1) is 0 Å². The maximum atomic E-state index is 10.0. The molecule has 0 aliphatic rings. The van der Waals surface area contributed by atoms with Crippen molar-refractivity contribution in [1.29, 1.82) is 0 Å². The van der Waals surface area contributed by atoms with E-state index in [1.807, 2.05) is 41.3 Å². The van der Waals surface area contributed by atoms with Crippen LogP contribution in [0, 0.1) is 0 Å². The lowest BCUT2D eigenvalue weighted by Gasteiger charge is -2.27. The van der Waals surface area contributed by atoms with Crippen LogP contribution in [0.25, 0.3) is 0 Å². The van der Waals surface area contributed by atoms with Crippen LogP contribution in [0.3, 0.4) is 0 Å². The Kier molecular flexibility index (Phi) is 6.04. The molecular formula is C17H19ClN2OS. The van der Waals surface area contributed by atoms with Gasteiger partial charge in [0.05, 0.1) is 17.3 Å². The molecule has 0 radical (unpaired) electrons. The average molecular weight is 335 g/mol. The highest BCUT2D eigenvalue weighted by Crippen LogP contribution is 2.28. The number of phenolic OH excluding ortho intramolecular Hbond substituents is 1. The number of hydrogen-bond donors (Lipinski definition) is 2. The number of anilines is 1. The third kappa shape index (κ3) is 4.12. The van der Waals surface area contributed by atoms with Crippen LogP contribution in [-0.2, 0) is 6.54 Å². The summed E-state index contributed by atoms with van der Waals surface area (Å²) in [5.74, 6) is 0.248.